The zero-order chi connectivity index (χ0) is 13.5. The Bertz CT molecular complexity index is 718. The molecule has 0 radical (unpaired) electrons. The van der Waals surface area contributed by atoms with Crippen molar-refractivity contribution >= 4 is 10.9 Å². The molecule has 0 aliphatic heterocycles. The predicted molar refractivity (Wildman–Crippen MR) is 61.7 cm³/mol. The van der Waals surface area contributed by atoms with E-state index in [4.69, 9.17) is 0 Å². The number of nitrogens with one attached hydrogen (secondary N) is 1. The third-order valence-electron chi connectivity index (χ3n) is 2.47. The molecule has 0 bridgehead atoms. The summed E-state index contributed by atoms with van der Waals surface area (Å²) < 4.78 is 37.0. The van der Waals surface area contributed by atoms with Crippen molar-refractivity contribution in [1.82, 2.24) is 9.55 Å². The van der Waals surface area contributed by atoms with Gasteiger partial charge in [0.25, 0.3) is 5.56 Å². The zero-order valence-corrected chi connectivity index (χ0v) is 9.34. The summed E-state index contributed by atoms with van der Waals surface area (Å²) in [5.74, 6) is 0. The quantitative estimate of drug-likeness (QED) is 0.850. The molecule has 2 aromatic rings. The fourth-order valence-electron chi connectivity index (χ4n) is 1.69. The van der Waals surface area contributed by atoms with Crippen LogP contribution in [0.25, 0.3) is 10.9 Å². The van der Waals surface area contributed by atoms with Crippen LogP contribution in [0.5, 0.6) is 0 Å². The number of benzene rings is 1. The van der Waals surface area contributed by atoms with Crippen molar-refractivity contribution in [2.45, 2.75) is 19.6 Å². The number of aryl methyl sites for hydroxylation is 1. The minimum absolute atomic E-state index is 0. The van der Waals surface area contributed by atoms with Crippen LogP contribution in [0.1, 0.15) is 6.99 Å². The van der Waals surface area contributed by atoms with Gasteiger partial charge in [-0.15, -0.1) is 0 Å². The summed E-state index contributed by atoms with van der Waals surface area (Å²) in [7, 11) is 0. The van der Waals surface area contributed by atoms with Crippen molar-refractivity contribution in [2.24, 2.45) is 0 Å². The summed E-state index contributed by atoms with van der Waals surface area (Å²) in [6.45, 7) is 0.114. The number of alkyl halides is 3. The van der Waals surface area contributed by atoms with E-state index in [1.807, 2.05) is 0 Å². The van der Waals surface area contributed by atoms with Crippen LogP contribution in [0.2, 0.25) is 0 Å². The predicted octanol–water partition coefficient (Wildman–Crippen LogP) is 1.81. The minimum Gasteiger partial charge on any atom is -0.307 e. The zero-order valence-electron chi connectivity index (χ0n) is 9.34. The van der Waals surface area contributed by atoms with Gasteiger partial charge in [-0.2, -0.15) is 13.2 Å². The summed E-state index contributed by atoms with van der Waals surface area (Å²) in [6, 6.07) is 4.59. The number of halogens is 3. The molecule has 4 nitrogen and oxygen atoms in total. The van der Waals surface area contributed by atoms with E-state index in [9.17, 15) is 22.8 Å². The van der Waals surface area contributed by atoms with Crippen molar-refractivity contribution in [2.75, 3.05) is 0 Å². The molecule has 0 spiro atoms. The lowest BCUT2D eigenvalue weighted by Crippen LogP contribution is -2.39. The number of nitrogens with zero attached hydrogens (tertiary/aromatic N) is 1. The molecule has 0 fully saturated rings. The second kappa shape index (κ2) is 4.01. The Balaban J connectivity index is 0.00000180. The van der Waals surface area contributed by atoms with Crippen LogP contribution >= 0.6 is 0 Å². The van der Waals surface area contributed by atoms with E-state index in [0.29, 0.717) is 0 Å². The molecule has 1 N–H and O–H groups in total. The molecule has 1 aromatic heterocycles. The number of rotatable bonds is 1. The lowest BCUT2D eigenvalue weighted by molar-refractivity contribution is -0.141. The second-order valence-electron chi connectivity index (χ2n) is 3.99. The monoisotopic (exact) mass is 260 g/mol. The third kappa shape index (κ3) is 2.29. The highest BCUT2D eigenvalue weighted by molar-refractivity contribution is 5.77. The van der Waals surface area contributed by atoms with Gasteiger partial charge in [0, 0.05) is 1.43 Å². The highest BCUT2D eigenvalue weighted by Gasteiger charge is 2.29. The Hall–Kier alpha value is -2.05. The van der Waals surface area contributed by atoms with Crippen molar-refractivity contribution in [3.05, 3.63) is 44.6 Å². The standard InChI is InChI=1S/C11H9F3N2O2.H2/c1-6-2-3-8-7(4-6)9(17)16(10(18)15-8)5-11(12,13)14;/h2-4H,5H2,1H3,(H,15,18);1H. The van der Waals surface area contributed by atoms with Crippen LogP contribution in [-0.2, 0) is 6.54 Å². The van der Waals surface area contributed by atoms with E-state index in [2.05, 4.69) is 4.98 Å². The maximum absolute atomic E-state index is 12.3. The van der Waals surface area contributed by atoms with E-state index in [-0.39, 0.29) is 16.9 Å². The first kappa shape index (κ1) is 12.4. The van der Waals surface area contributed by atoms with Crippen LogP contribution < -0.4 is 11.2 Å². The van der Waals surface area contributed by atoms with Gasteiger partial charge in [-0.25, -0.2) is 4.79 Å². The number of hydrogen-bond acceptors (Lipinski definition) is 2. The molecular weight excluding hydrogens is 249 g/mol. The molecule has 98 valence electrons. The van der Waals surface area contributed by atoms with Gasteiger partial charge in [-0.05, 0) is 19.1 Å². The highest BCUT2D eigenvalue weighted by atomic mass is 19.4. The summed E-state index contributed by atoms with van der Waals surface area (Å²) in [6.07, 6.45) is -4.62. The summed E-state index contributed by atoms with van der Waals surface area (Å²) in [4.78, 5) is 25.5. The topological polar surface area (TPSA) is 54.9 Å². The minimum atomic E-state index is -4.62. The van der Waals surface area contributed by atoms with Crippen LogP contribution in [0.15, 0.2) is 27.8 Å². The summed E-state index contributed by atoms with van der Waals surface area (Å²) in [5, 5.41) is 0.0684. The van der Waals surface area contributed by atoms with Gasteiger partial charge >= 0.3 is 11.9 Å². The summed E-state index contributed by atoms with van der Waals surface area (Å²) in [5.41, 5.74) is -1.04. The van der Waals surface area contributed by atoms with Gasteiger partial charge in [0.15, 0.2) is 0 Å². The third-order valence-corrected chi connectivity index (χ3v) is 2.47. The van der Waals surface area contributed by atoms with Gasteiger partial charge in [0.05, 0.1) is 10.9 Å². The fourth-order valence-corrected chi connectivity index (χ4v) is 1.69. The molecule has 7 heteroatoms. The Morgan fingerprint density at radius 3 is 2.61 bits per heavy atom. The number of hydrogen-bond donors (Lipinski definition) is 1. The van der Waals surface area contributed by atoms with Gasteiger partial charge < -0.3 is 4.98 Å². The van der Waals surface area contributed by atoms with E-state index in [1.54, 1.807) is 13.0 Å². The lowest BCUT2D eigenvalue weighted by Gasteiger charge is -2.09. The Morgan fingerprint density at radius 2 is 2.00 bits per heavy atom. The normalized spacial score (nSPS) is 12.0. The Morgan fingerprint density at radius 1 is 1.33 bits per heavy atom. The molecular formula is C11H11F3N2O2. The highest BCUT2D eigenvalue weighted by Crippen LogP contribution is 2.16. The second-order valence-corrected chi connectivity index (χ2v) is 3.99. The molecule has 0 saturated heterocycles. The first-order chi connectivity index (χ1) is 8.28. The molecule has 0 aliphatic rings. The van der Waals surface area contributed by atoms with Crippen molar-refractivity contribution in [1.29, 1.82) is 0 Å². The number of fused-ring (bicyclic) bond motifs is 1. The molecule has 18 heavy (non-hydrogen) atoms. The van der Waals surface area contributed by atoms with Crippen LogP contribution in [0.4, 0.5) is 13.2 Å². The largest absolute Gasteiger partial charge is 0.406 e. The Kier molecular flexibility index (Phi) is 2.76. The van der Waals surface area contributed by atoms with Gasteiger partial charge in [-0.3, -0.25) is 9.36 Å². The van der Waals surface area contributed by atoms with Gasteiger partial charge in [0.2, 0.25) is 0 Å². The number of aromatic nitrogens is 2. The number of aromatic amines is 1. The number of H-pyrrole nitrogens is 1. The van der Waals surface area contributed by atoms with Crippen LogP contribution in [0, 0.1) is 6.92 Å². The smallest absolute Gasteiger partial charge is 0.307 e. The van der Waals surface area contributed by atoms with E-state index in [0.717, 1.165) is 5.56 Å². The first-order valence-electron chi connectivity index (χ1n) is 5.08. The van der Waals surface area contributed by atoms with E-state index < -0.39 is 24.0 Å². The lowest BCUT2D eigenvalue weighted by atomic mass is 10.2. The SMILES string of the molecule is Cc1ccc2[nH]c(=O)n(CC(F)(F)F)c(=O)c2c1.[HH]. The van der Waals surface area contributed by atoms with Crippen LogP contribution in [-0.4, -0.2) is 15.7 Å². The molecule has 1 heterocycles. The average Bonchev–Trinajstić information content (AvgIpc) is 2.24. The van der Waals surface area contributed by atoms with E-state index >= 15 is 0 Å². The molecule has 0 atom stereocenters. The van der Waals surface area contributed by atoms with Crippen molar-refractivity contribution < 1.29 is 14.6 Å². The van der Waals surface area contributed by atoms with E-state index in [1.165, 1.54) is 12.1 Å². The summed E-state index contributed by atoms with van der Waals surface area (Å²) >= 11 is 0. The fraction of sp³-hybridized carbons (Fsp3) is 0.273. The maximum Gasteiger partial charge on any atom is 0.406 e. The molecule has 0 aliphatic carbocycles. The maximum atomic E-state index is 12.3. The molecule has 1 aromatic carbocycles. The molecule has 2 rings (SSSR count). The molecule has 0 saturated carbocycles. The van der Waals surface area contributed by atoms with Crippen LogP contribution in [0.3, 0.4) is 0 Å². The van der Waals surface area contributed by atoms with Crippen molar-refractivity contribution in [3.63, 3.8) is 0 Å². The molecule has 0 amide bonds. The van der Waals surface area contributed by atoms with Gasteiger partial charge in [0.1, 0.15) is 6.54 Å². The van der Waals surface area contributed by atoms with Crippen molar-refractivity contribution in [3.8, 4) is 0 Å². The average molecular weight is 260 g/mol. The Labute approximate surface area is 100 Å². The first-order valence-corrected chi connectivity index (χ1v) is 5.08. The molecule has 0 unspecified atom stereocenters. The van der Waals surface area contributed by atoms with Gasteiger partial charge in [-0.1, -0.05) is 11.6 Å².